The van der Waals surface area contributed by atoms with Crippen molar-refractivity contribution >= 4 is 23.6 Å². The number of hydrogen-bond donors (Lipinski definition) is 2. The molecule has 3 aromatic rings. The van der Waals surface area contributed by atoms with Gasteiger partial charge in [0.15, 0.2) is 12.4 Å². The van der Waals surface area contributed by atoms with Gasteiger partial charge in [-0.3, -0.25) is 10.2 Å². The number of amides is 1. The maximum atomic E-state index is 12.1. The molecule has 0 aliphatic carbocycles. The molecule has 0 aliphatic heterocycles. The van der Waals surface area contributed by atoms with E-state index in [2.05, 4.69) is 26.9 Å². The fraction of sp³-hybridized carbons (Fsp3) is 0.200. The van der Waals surface area contributed by atoms with Crippen LogP contribution < -0.4 is 15.5 Å². The molecule has 168 valence electrons. The van der Waals surface area contributed by atoms with E-state index in [0.29, 0.717) is 23.7 Å². The monoisotopic (exact) mass is 443 g/mol. The molecule has 0 fully saturated rings. The predicted molar refractivity (Wildman–Crippen MR) is 127 cm³/mol. The zero-order valence-corrected chi connectivity index (χ0v) is 18.8. The molecule has 3 rings (SSSR count). The van der Waals surface area contributed by atoms with E-state index >= 15 is 0 Å². The number of benzene rings is 2. The average Bonchev–Trinajstić information content (AvgIpc) is 2.80. The smallest absolute Gasteiger partial charge is 0.262 e. The van der Waals surface area contributed by atoms with Gasteiger partial charge in [-0.25, -0.2) is 4.98 Å². The second-order valence-corrected chi connectivity index (χ2v) is 7.33. The summed E-state index contributed by atoms with van der Waals surface area (Å²) in [5, 5.41) is 16.4. The Kier molecular flexibility index (Phi) is 8.11. The Balaban J connectivity index is 1.55. The molecule has 1 amide bonds. The van der Waals surface area contributed by atoms with Crippen LogP contribution in [0, 0.1) is 25.2 Å². The second kappa shape index (κ2) is 11.4. The number of ether oxygens (including phenoxy) is 2. The van der Waals surface area contributed by atoms with Gasteiger partial charge in [0.2, 0.25) is 0 Å². The third-order valence-corrected chi connectivity index (χ3v) is 4.61. The summed E-state index contributed by atoms with van der Waals surface area (Å²) >= 11 is 0. The van der Waals surface area contributed by atoms with Crippen molar-refractivity contribution in [2.24, 2.45) is 5.10 Å². The molecule has 0 spiro atoms. The van der Waals surface area contributed by atoms with E-state index in [0.717, 1.165) is 28.1 Å². The van der Waals surface area contributed by atoms with Crippen molar-refractivity contribution in [3.8, 4) is 11.8 Å². The first-order valence-electron chi connectivity index (χ1n) is 10.3. The van der Waals surface area contributed by atoms with Gasteiger partial charge < -0.3 is 14.8 Å². The van der Waals surface area contributed by atoms with Crippen LogP contribution in [0.4, 0.5) is 11.5 Å². The number of carbonyl (C=O) groups is 1. The Labute approximate surface area is 192 Å². The van der Waals surface area contributed by atoms with Crippen LogP contribution in [0.25, 0.3) is 0 Å². The summed E-state index contributed by atoms with van der Waals surface area (Å²) in [5.74, 6) is 0.705. The number of nitrogens with one attached hydrogen (secondary N) is 2. The lowest BCUT2D eigenvalue weighted by Crippen LogP contribution is -2.20. The van der Waals surface area contributed by atoms with Crippen LogP contribution in [-0.2, 0) is 16.1 Å². The summed E-state index contributed by atoms with van der Waals surface area (Å²) in [6.45, 7) is 4.05. The van der Waals surface area contributed by atoms with Crippen molar-refractivity contribution in [1.82, 2.24) is 4.98 Å². The third-order valence-electron chi connectivity index (χ3n) is 4.61. The SMILES string of the molecule is COCc1cc(C)nc(N/N=C\c2ccc(OCC(=O)Nc3ccc(C)cc3)cc2)c1C#N. The van der Waals surface area contributed by atoms with E-state index in [-0.39, 0.29) is 12.5 Å². The summed E-state index contributed by atoms with van der Waals surface area (Å²) in [6.07, 6.45) is 1.61. The Morgan fingerprint density at radius 1 is 1.15 bits per heavy atom. The summed E-state index contributed by atoms with van der Waals surface area (Å²) in [4.78, 5) is 16.4. The summed E-state index contributed by atoms with van der Waals surface area (Å²) in [5.41, 5.74) is 7.39. The van der Waals surface area contributed by atoms with Crippen molar-refractivity contribution in [3.05, 3.63) is 82.5 Å². The number of hydrazone groups is 1. The highest BCUT2D eigenvalue weighted by Crippen LogP contribution is 2.19. The number of pyridine rings is 1. The number of aryl methyl sites for hydroxylation is 2. The fourth-order valence-electron chi connectivity index (χ4n) is 3.02. The van der Waals surface area contributed by atoms with Crippen LogP contribution in [0.15, 0.2) is 59.7 Å². The molecule has 2 N–H and O–H groups in total. The highest BCUT2D eigenvalue weighted by molar-refractivity contribution is 5.91. The van der Waals surface area contributed by atoms with Crippen LogP contribution in [0.1, 0.15) is 27.9 Å². The number of nitriles is 1. The van der Waals surface area contributed by atoms with Gasteiger partial charge in [-0.1, -0.05) is 17.7 Å². The number of hydrogen-bond acceptors (Lipinski definition) is 7. The number of carbonyl (C=O) groups excluding carboxylic acids is 1. The van der Waals surface area contributed by atoms with E-state index in [1.54, 1.807) is 25.5 Å². The largest absolute Gasteiger partial charge is 0.484 e. The Morgan fingerprint density at radius 3 is 2.55 bits per heavy atom. The van der Waals surface area contributed by atoms with Crippen LogP contribution in [0.2, 0.25) is 0 Å². The lowest BCUT2D eigenvalue weighted by molar-refractivity contribution is -0.118. The van der Waals surface area contributed by atoms with E-state index in [1.807, 2.05) is 56.3 Å². The lowest BCUT2D eigenvalue weighted by atomic mass is 10.1. The van der Waals surface area contributed by atoms with Gasteiger partial charge in [-0.15, -0.1) is 0 Å². The highest BCUT2D eigenvalue weighted by atomic mass is 16.5. The molecule has 0 unspecified atom stereocenters. The summed E-state index contributed by atoms with van der Waals surface area (Å²) < 4.78 is 10.7. The van der Waals surface area contributed by atoms with Crippen molar-refractivity contribution < 1.29 is 14.3 Å². The summed E-state index contributed by atoms with van der Waals surface area (Å²) in [6, 6.07) is 18.6. The maximum absolute atomic E-state index is 12.1. The molecule has 0 radical (unpaired) electrons. The van der Waals surface area contributed by atoms with Crippen molar-refractivity contribution in [1.29, 1.82) is 5.26 Å². The van der Waals surface area contributed by atoms with Gasteiger partial charge in [0.1, 0.15) is 17.4 Å². The topological polar surface area (TPSA) is 109 Å². The first kappa shape index (κ1) is 23.4. The second-order valence-electron chi connectivity index (χ2n) is 7.33. The van der Waals surface area contributed by atoms with E-state index < -0.39 is 0 Å². The van der Waals surface area contributed by atoms with Crippen molar-refractivity contribution in [2.45, 2.75) is 20.5 Å². The standard InChI is InChI=1S/C25H25N5O3/c1-17-4-8-21(9-5-17)29-24(31)16-33-22-10-6-19(7-11-22)14-27-30-25-23(13-26)20(15-32-3)12-18(2)28-25/h4-12,14H,15-16H2,1-3H3,(H,28,30)(H,29,31)/b27-14-. The Bertz CT molecular complexity index is 1170. The first-order chi connectivity index (χ1) is 16.0. The minimum Gasteiger partial charge on any atom is -0.484 e. The molecule has 1 aromatic heterocycles. The number of anilines is 2. The summed E-state index contributed by atoms with van der Waals surface area (Å²) in [7, 11) is 1.58. The molecular weight excluding hydrogens is 418 g/mol. The quantitative estimate of drug-likeness (QED) is 0.379. The van der Waals surface area contributed by atoms with Gasteiger partial charge in [0, 0.05) is 24.1 Å². The lowest BCUT2D eigenvalue weighted by Gasteiger charge is -2.09. The molecule has 8 nitrogen and oxygen atoms in total. The maximum Gasteiger partial charge on any atom is 0.262 e. The van der Waals surface area contributed by atoms with Gasteiger partial charge in [0.25, 0.3) is 5.91 Å². The van der Waals surface area contributed by atoms with E-state index in [1.165, 1.54) is 0 Å². The third kappa shape index (κ3) is 6.89. The number of nitrogens with zero attached hydrogens (tertiary/aromatic N) is 3. The molecular formula is C25H25N5O3. The van der Waals surface area contributed by atoms with Crippen molar-refractivity contribution in [2.75, 3.05) is 24.5 Å². The highest BCUT2D eigenvalue weighted by Gasteiger charge is 2.10. The zero-order valence-electron chi connectivity index (χ0n) is 18.8. The number of aromatic nitrogens is 1. The molecule has 0 bridgehead atoms. The van der Waals surface area contributed by atoms with Crippen LogP contribution in [0.5, 0.6) is 5.75 Å². The van der Waals surface area contributed by atoms with Crippen LogP contribution in [-0.4, -0.2) is 30.8 Å². The molecule has 1 heterocycles. The molecule has 0 saturated heterocycles. The van der Waals surface area contributed by atoms with E-state index in [4.69, 9.17) is 9.47 Å². The van der Waals surface area contributed by atoms with Crippen LogP contribution >= 0.6 is 0 Å². The average molecular weight is 444 g/mol. The minimum absolute atomic E-state index is 0.0946. The molecule has 0 saturated carbocycles. The molecule has 33 heavy (non-hydrogen) atoms. The normalized spacial score (nSPS) is 10.6. The van der Waals surface area contributed by atoms with Gasteiger partial charge in [0.05, 0.1) is 12.8 Å². The Morgan fingerprint density at radius 2 is 1.88 bits per heavy atom. The fourth-order valence-corrected chi connectivity index (χ4v) is 3.02. The Hall–Kier alpha value is -4.22. The molecule has 0 aliphatic rings. The zero-order chi connectivity index (χ0) is 23.6. The van der Waals surface area contributed by atoms with Crippen molar-refractivity contribution in [3.63, 3.8) is 0 Å². The molecule has 2 aromatic carbocycles. The van der Waals surface area contributed by atoms with Crippen LogP contribution in [0.3, 0.4) is 0 Å². The molecule has 8 heteroatoms. The van der Waals surface area contributed by atoms with Gasteiger partial charge >= 0.3 is 0 Å². The van der Waals surface area contributed by atoms with Gasteiger partial charge in [-0.2, -0.15) is 10.4 Å². The number of methoxy groups -OCH3 is 1. The number of rotatable bonds is 9. The van der Waals surface area contributed by atoms with Gasteiger partial charge in [-0.05, 0) is 61.9 Å². The first-order valence-corrected chi connectivity index (χ1v) is 10.3. The molecule has 0 atom stereocenters. The minimum atomic E-state index is -0.236. The predicted octanol–water partition coefficient (Wildman–Crippen LogP) is 4.18. The van der Waals surface area contributed by atoms with E-state index in [9.17, 15) is 10.1 Å².